The van der Waals surface area contributed by atoms with E-state index in [0.717, 1.165) is 5.56 Å². The minimum Gasteiger partial charge on any atom is -0.508 e. The number of benzene rings is 2. The first-order chi connectivity index (χ1) is 9.92. The average Bonchev–Trinajstić information content (AvgIpc) is 2.41. The quantitative estimate of drug-likeness (QED) is 0.740. The number of aliphatic hydroxyl groups excluding tert-OH is 1. The fraction of sp³-hybridized carbons (Fsp3) is 0.333. The van der Waals surface area contributed by atoms with E-state index in [1.165, 1.54) is 11.1 Å². The maximum atomic E-state index is 10.2. The molecule has 1 unspecified atom stereocenters. The smallest absolute Gasteiger partial charge is 0.119 e. The molecular formula is C18H23NO2. The third-order valence-electron chi connectivity index (χ3n) is 4.06. The summed E-state index contributed by atoms with van der Waals surface area (Å²) in [7, 11) is 0. The van der Waals surface area contributed by atoms with Crippen molar-refractivity contribution in [2.75, 3.05) is 0 Å². The second-order valence-electron chi connectivity index (χ2n) is 5.95. The maximum Gasteiger partial charge on any atom is 0.119 e. The van der Waals surface area contributed by atoms with Crippen LogP contribution in [0.3, 0.4) is 0 Å². The average molecular weight is 285 g/mol. The van der Waals surface area contributed by atoms with Gasteiger partial charge in [0.25, 0.3) is 0 Å². The van der Waals surface area contributed by atoms with Gasteiger partial charge in [-0.1, -0.05) is 49.4 Å². The Hall–Kier alpha value is -1.84. The third-order valence-corrected chi connectivity index (χ3v) is 4.06. The molecule has 2 atom stereocenters. The van der Waals surface area contributed by atoms with Crippen molar-refractivity contribution in [3.8, 4) is 5.75 Å². The van der Waals surface area contributed by atoms with Crippen molar-refractivity contribution in [2.24, 2.45) is 5.73 Å². The number of aliphatic hydroxyl groups is 1. The van der Waals surface area contributed by atoms with Gasteiger partial charge in [0, 0.05) is 11.0 Å². The molecule has 0 aromatic heterocycles. The van der Waals surface area contributed by atoms with Gasteiger partial charge in [-0.3, -0.25) is 0 Å². The molecule has 2 aromatic rings. The lowest BCUT2D eigenvalue weighted by atomic mass is 9.73. The lowest BCUT2D eigenvalue weighted by Crippen LogP contribution is -2.34. The first kappa shape index (κ1) is 15.5. The van der Waals surface area contributed by atoms with Crippen LogP contribution in [0.1, 0.15) is 30.0 Å². The van der Waals surface area contributed by atoms with E-state index < -0.39 is 11.6 Å². The number of para-hydroxylation sites is 1. The number of nitrogens with two attached hydrogens (primary N) is 1. The van der Waals surface area contributed by atoms with Crippen molar-refractivity contribution >= 4 is 0 Å². The van der Waals surface area contributed by atoms with Gasteiger partial charge in [0.15, 0.2) is 0 Å². The van der Waals surface area contributed by atoms with Crippen LogP contribution >= 0.6 is 0 Å². The van der Waals surface area contributed by atoms with E-state index in [1.54, 1.807) is 12.1 Å². The molecular weight excluding hydrogens is 262 g/mol. The monoisotopic (exact) mass is 285 g/mol. The fourth-order valence-corrected chi connectivity index (χ4v) is 2.95. The van der Waals surface area contributed by atoms with Crippen molar-refractivity contribution < 1.29 is 10.2 Å². The van der Waals surface area contributed by atoms with Crippen LogP contribution in [0, 0.1) is 6.92 Å². The van der Waals surface area contributed by atoms with Crippen LogP contribution in [0.2, 0.25) is 0 Å². The van der Waals surface area contributed by atoms with E-state index in [-0.39, 0.29) is 5.75 Å². The van der Waals surface area contributed by atoms with E-state index in [2.05, 4.69) is 19.1 Å². The Bertz CT molecular complexity index is 610. The van der Waals surface area contributed by atoms with E-state index >= 15 is 0 Å². The number of hydrogen-bond acceptors (Lipinski definition) is 3. The largest absolute Gasteiger partial charge is 0.508 e. The molecule has 0 saturated heterocycles. The Kier molecular flexibility index (Phi) is 4.66. The van der Waals surface area contributed by atoms with Crippen LogP contribution in [0.25, 0.3) is 0 Å². The molecule has 21 heavy (non-hydrogen) atoms. The van der Waals surface area contributed by atoms with E-state index in [9.17, 15) is 10.2 Å². The zero-order valence-corrected chi connectivity index (χ0v) is 12.6. The molecule has 0 heterocycles. The molecule has 3 heteroatoms. The zero-order valence-electron chi connectivity index (χ0n) is 12.6. The highest BCUT2D eigenvalue weighted by atomic mass is 16.3. The van der Waals surface area contributed by atoms with Gasteiger partial charge in [0.05, 0.1) is 0 Å². The van der Waals surface area contributed by atoms with Gasteiger partial charge in [0.1, 0.15) is 12.0 Å². The van der Waals surface area contributed by atoms with Crippen molar-refractivity contribution in [1.82, 2.24) is 0 Å². The summed E-state index contributed by atoms with van der Waals surface area (Å²) in [6, 6.07) is 15.4. The van der Waals surface area contributed by atoms with Gasteiger partial charge < -0.3 is 15.9 Å². The SMILES string of the molecule is Cc1ccccc1CC(C)(C[C@H](N)O)c1ccccc1O. The Labute approximate surface area is 126 Å². The van der Waals surface area contributed by atoms with Crippen LogP contribution in [-0.2, 0) is 11.8 Å². The summed E-state index contributed by atoms with van der Waals surface area (Å²) in [5.41, 5.74) is 8.42. The molecule has 0 fully saturated rings. The van der Waals surface area contributed by atoms with Crippen LogP contribution in [0.4, 0.5) is 0 Å². The summed E-state index contributed by atoms with van der Waals surface area (Å²) in [6.45, 7) is 4.10. The van der Waals surface area contributed by atoms with Crippen LogP contribution in [0.15, 0.2) is 48.5 Å². The van der Waals surface area contributed by atoms with Gasteiger partial charge in [-0.15, -0.1) is 0 Å². The number of rotatable bonds is 5. The van der Waals surface area contributed by atoms with Gasteiger partial charge in [-0.2, -0.15) is 0 Å². The Morgan fingerprint density at radius 2 is 1.71 bits per heavy atom. The number of aryl methyl sites for hydroxylation is 1. The van der Waals surface area contributed by atoms with E-state index in [1.807, 2.05) is 31.2 Å². The van der Waals surface area contributed by atoms with Crippen molar-refractivity contribution in [1.29, 1.82) is 0 Å². The Morgan fingerprint density at radius 3 is 2.33 bits per heavy atom. The first-order valence-electron chi connectivity index (χ1n) is 7.19. The lowest BCUT2D eigenvalue weighted by molar-refractivity contribution is 0.139. The van der Waals surface area contributed by atoms with Crippen LogP contribution < -0.4 is 5.73 Å². The fourth-order valence-electron chi connectivity index (χ4n) is 2.95. The van der Waals surface area contributed by atoms with E-state index in [4.69, 9.17) is 5.73 Å². The van der Waals surface area contributed by atoms with Gasteiger partial charge in [0.2, 0.25) is 0 Å². The second kappa shape index (κ2) is 6.29. The summed E-state index contributed by atoms with van der Waals surface area (Å²) in [4.78, 5) is 0. The highest BCUT2D eigenvalue weighted by molar-refractivity contribution is 5.40. The molecule has 0 aliphatic heterocycles. The molecule has 0 radical (unpaired) electrons. The molecule has 2 aromatic carbocycles. The summed E-state index contributed by atoms with van der Waals surface area (Å²) in [5.74, 6) is 0.245. The molecule has 0 amide bonds. The molecule has 0 bridgehead atoms. The molecule has 0 aliphatic rings. The summed E-state index contributed by atoms with van der Waals surface area (Å²) >= 11 is 0. The van der Waals surface area contributed by atoms with Gasteiger partial charge >= 0.3 is 0 Å². The third kappa shape index (κ3) is 3.63. The van der Waals surface area contributed by atoms with Crippen molar-refractivity contribution in [2.45, 2.75) is 38.3 Å². The second-order valence-corrected chi connectivity index (χ2v) is 5.95. The van der Waals surface area contributed by atoms with Crippen molar-refractivity contribution in [3.05, 3.63) is 65.2 Å². The molecule has 3 nitrogen and oxygen atoms in total. The Balaban J connectivity index is 2.43. The molecule has 0 aliphatic carbocycles. The molecule has 112 valence electrons. The Morgan fingerprint density at radius 1 is 1.10 bits per heavy atom. The zero-order chi connectivity index (χ0) is 15.5. The van der Waals surface area contributed by atoms with Gasteiger partial charge in [-0.25, -0.2) is 0 Å². The molecule has 0 spiro atoms. The highest BCUT2D eigenvalue weighted by Gasteiger charge is 2.31. The number of hydrogen-bond donors (Lipinski definition) is 3. The number of phenolic OH excluding ortho intramolecular Hbond substituents is 1. The molecule has 2 rings (SSSR count). The standard InChI is InChI=1S/C18H23NO2/c1-13-7-3-4-8-14(13)11-18(2,12-17(19)21)15-9-5-6-10-16(15)20/h3-10,17,20-21H,11-12,19H2,1-2H3/t17-,18?/m1/s1. The highest BCUT2D eigenvalue weighted by Crippen LogP contribution is 2.37. The normalized spacial score (nSPS) is 15.4. The maximum absolute atomic E-state index is 10.2. The summed E-state index contributed by atoms with van der Waals surface area (Å²) in [5, 5.41) is 19.9. The topological polar surface area (TPSA) is 66.5 Å². The van der Waals surface area contributed by atoms with E-state index in [0.29, 0.717) is 12.8 Å². The summed E-state index contributed by atoms with van der Waals surface area (Å²) < 4.78 is 0. The van der Waals surface area contributed by atoms with Crippen molar-refractivity contribution in [3.63, 3.8) is 0 Å². The predicted molar refractivity (Wildman–Crippen MR) is 85.2 cm³/mol. The molecule has 0 saturated carbocycles. The number of aromatic hydroxyl groups is 1. The summed E-state index contributed by atoms with van der Waals surface area (Å²) in [6.07, 6.45) is 0.184. The predicted octanol–water partition coefficient (Wildman–Crippen LogP) is 2.87. The minimum absolute atomic E-state index is 0.245. The van der Waals surface area contributed by atoms with Gasteiger partial charge in [-0.05, 0) is 37.0 Å². The van der Waals surface area contributed by atoms with Crippen LogP contribution in [0.5, 0.6) is 5.75 Å². The lowest BCUT2D eigenvalue weighted by Gasteiger charge is -2.32. The minimum atomic E-state index is -0.918. The first-order valence-corrected chi connectivity index (χ1v) is 7.19. The van der Waals surface area contributed by atoms with Crippen LogP contribution in [-0.4, -0.2) is 16.4 Å². The molecule has 4 N–H and O–H groups in total. The number of phenols is 1.